The Kier molecular flexibility index (Phi) is 5.05. The molecule has 0 N–H and O–H groups in total. The molecule has 0 amide bonds. The van der Waals surface area contributed by atoms with Crippen LogP contribution in [-0.4, -0.2) is 45.0 Å². The molecule has 1 aromatic carbocycles. The Hall–Kier alpha value is -3.94. The van der Waals surface area contributed by atoms with Crippen molar-refractivity contribution in [3.63, 3.8) is 0 Å². The van der Waals surface area contributed by atoms with Crippen molar-refractivity contribution >= 4 is 21.8 Å². The fourth-order valence-corrected chi connectivity index (χ4v) is 3.17. The fourth-order valence-electron chi connectivity index (χ4n) is 3.17. The van der Waals surface area contributed by atoms with Crippen molar-refractivity contribution in [1.29, 1.82) is 0 Å². The summed E-state index contributed by atoms with van der Waals surface area (Å²) in [5.41, 5.74) is 0.0110. The zero-order valence-corrected chi connectivity index (χ0v) is 16.7. The highest BCUT2D eigenvalue weighted by molar-refractivity contribution is 5.93. The molecular formula is C19H19N9O2. The molecule has 3 heterocycles. The van der Waals surface area contributed by atoms with Gasteiger partial charge in [-0.1, -0.05) is 10.4 Å². The second-order valence-electron chi connectivity index (χ2n) is 6.98. The van der Waals surface area contributed by atoms with E-state index in [1.807, 2.05) is 13.8 Å². The molecule has 0 aliphatic heterocycles. The Morgan fingerprint density at radius 1 is 0.900 bits per heavy atom. The Labute approximate surface area is 170 Å². The largest absolute Gasteiger partial charge is 0.277 e. The molecule has 3 aromatic heterocycles. The van der Waals surface area contributed by atoms with Gasteiger partial charge in [0.15, 0.2) is 0 Å². The minimum absolute atomic E-state index is 0.228. The maximum Gasteiger partial charge on any atom is 0.277 e. The van der Waals surface area contributed by atoms with Crippen LogP contribution in [0, 0.1) is 11.8 Å². The highest BCUT2D eigenvalue weighted by Crippen LogP contribution is 2.16. The molecule has 1 unspecified atom stereocenters. The average Bonchev–Trinajstić information content (AvgIpc) is 3.25. The topological polar surface area (TPSA) is 126 Å². The summed E-state index contributed by atoms with van der Waals surface area (Å²) < 4.78 is 2.57. The number of hydrogen-bond acceptors (Lipinski definition) is 8. The Morgan fingerprint density at radius 3 is 1.97 bits per heavy atom. The van der Waals surface area contributed by atoms with Crippen molar-refractivity contribution in [2.45, 2.75) is 45.8 Å². The Bertz CT molecular complexity index is 1390. The van der Waals surface area contributed by atoms with Crippen LogP contribution in [0.2, 0.25) is 0 Å². The van der Waals surface area contributed by atoms with Gasteiger partial charge in [0.25, 0.3) is 11.1 Å². The van der Waals surface area contributed by atoms with Crippen LogP contribution in [0.3, 0.4) is 0 Å². The van der Waals surface area contributed by atoms with Crippen LogP contribution >= 0.6 is 0 Å². The smallest absolute Gasteiger partial charge is 0.267 e. The Morgan fingerprint density at radius 2 is 1.43 bits per heavy atom. The zero-order valence-electron chi connectivity index (χ0n) is 16.7. The molecule has 11 nitrogen and oxygen atoms in total. The molecule has 4 rings (SSSR count). The molecule has 30 heavy (non-hydrogen) atoms. The molecule has 4 aromatic rings. The van der Waals surface area contributed by atoms with Gasteiger partial charge in [-0.25, -0.2) is 9.36 Å². The molecule has 0 saturated carbocycles. The molecule has 11 heteroatoms. The highest BCUT2D eigenvalue weighted by Gasteiger charge is 2.17. The standard InChI is InChI=1S/C19H19N9O2/c1-4-5-6-12(2)27-18(29)14-9-17-15(10-16(14)22-24-27)19(30)28(25-23-17)13(3)11-26-20-7-8-21-26/h7-10,12-13H,6,11H2,1-3H3/t12?,13-/m1/s1. The zero-order chi connectivity index (χ0) is 21.3. The maximum atomic E-state index is 13.0. The van der Waals surface area contributed by atoms with Crippen molar-refractivity contribution in [2.75, 3.05) is 0 Å². The maximum absolute atomic E-state index is 13.0. The number of aromatic nitrogens is 9. The summed E-state index contributed by atoms with van der Waals surface area (Å²) in [7, 11) is 0. The second kappa shape index (κ2) is 7.82. The summed E-state index contributed by atoms with van der Waals surface area (Å²) in [5, 5.41) is 25.1. The second-order valence-corrected chi connectivity index (χ2v) is 6.98. The summed E-state index contributed by atoms with van der Waals surface area (Å²) in [4.78, 5) is 27.3. The lowest BCUT2D eigenvalue weighted by Gasteiger charge is -2.13. The number of rotatable bonds is 5. The van der Waals surface area contributed by atoms with Crippen LogP contribution < -0.4 is 11.1 Å². The van der Waals surface area contributed by atoms with Gasteiger partial charge in [0.05, 0.1) is 41.8 Å². The van der Waals surface area contributed by atoms with Crippen molar-refractivity contribution in [3.8, 4) is 11.8 Å². The average molecular weight is 405 g/mol. The van der Waals surface area contributed by atoms with Crippen LogP contribution in [0.15, 0.2) is 34.1 Å². The predicted octanol–water partition coefficient (Wildman–Crippen LogP) is 0.723. The lowest BCUT2D eigenvalue weighted by molar-refractivity contribution is 0.358. The van der Waals surface area contributed by atoms with Gasteiger partial charge < -0.3 is 0 Å². The van der Waals surface area contributed by atoms with E-state index in [1.165, 1.54) is 26.3 Å². The van der Waals surface area contributed by atoms with E-state index >= 15 is 0 Å². The van der Waals surface area contributed by atoms with Gasteiger partial charge >= 0.3 is 0 Å². The fraction of sp³-hybridized carbons (Fsp3) is 0.368. The predicted molar refractivity (Wildman–Crippen MR) is 109 cm³/mol. The lowest BCUT2D eigenvalue weighted by atomic mass is 10.1. The van der Waals surface area contributed by atoms with Crippen molar-refractivity contribution < 1.29 is 0 Å². The van der Waals surface area contributed by atoms with Gasteiger partial charge in [0.1, 0.15) is 11.0 Å². The van der Waals surface area contributed by atoms with Crippen LogP contribution in [-0.2, 0) is 6.54 Å². The SMILES string of the molecule is CC#CCC(C)n1nnc2cc3c(=O)n([C@H](C)Cn4nccn4)nnc3cc2c1=O. The van der Waals surface area contributed by atoms with Crippen LogP contribution in [0.25, 0.3) is 21.8 Å². The van der Waals surface area contributed by atoms with Gasteiger partial charge in [-0.2, -0.15) is 15.0 Å². The molecule has 152 valence electrons. The molecule has 0 saturated heterocycles. The molecule has 0 aliphatic rings. The summed E-state index contributed by atoms with van der Waals surface area (Å²) in [6.45, 7) is 5.78. The summed E-state index contributed by atoms with van der Waals surface area (Å²) in [6, 6.07) is 2.52. The van der Waals surface area contributed by atoms with Crippen LogP contribution in [0.5, 0.6) is 0 Å². The third kappa shape index (κ3) is 3.43. The number of nitrogens with zero attached hydrogens (tertiary/aromatic N) is 9. The first-order valence-electron chi connectivity index (χ1n) is 9.41. The number of benzene rings is 1. The van der Waals surface area contributed by atoms with E-state index in [0.717, 1.165) is 0 Å². The van der Waals surface area contributed by atoms with E-state index in [0.29, 0.717) is 34.8 Å². The molecule has 2 atom stereocenters. The van der Waals surface area contributed by atoms with E-state index < -0.39 is 0 Å². The van der Waals surface area contributed by atoms with E-state index in [1.54, 1.807) is 19.3 Å². The lowest BCUT2D eigenvalue weighted by Crippen LogP contribution is -2.30. The Balaban J connectivity index is 1.79. The van der Waals surface area contributed by atoms with Gasteiger partial charge in [-0.15, -0.1) is 22.0 Å². The molecule has 0 spiro atoms. The molecular weight excluding hydrogens is 386 g/mol. The quantitative estimate of drug-likeness (QED) is 0.351. The van der Waals surface area contributed by atoms with E-state index in [-0.39, 0.29) is 23.2 Å². The van der Waals surface area contributed by atoms with E-state index in [2.05, 4.69) is 42.7 Å². The van der Waals surface area contributed by atoms with Crippen molar-refractivity contribution in [3.05, 3.63) is 45.2 Å². The monoisotopic (exact) mass is 405 g/mol. The normalized spacial score (nSPS) is 13.2. The molecule has 0 aliphatic carbocycles. The van der Waals surface area contributed by atoms with E-state index in [4.69, 9.17) is 0 Å². The minimum atomic E-state index is -0.334. The molecule has 0 fully saturated rings. The van der Waals surface area contributed by atoms with Crippen molar-refractivity contribution in [2.24, 2.45) is 0 Å². The highest BCUT2D eigenvalue weighted by atomic mass is 16.1. The van der Waals surface area contributed by atoms with Gasteiger partial charge in [0, 0.05) is 6.42 Å². The van der Waals surface area contributed by atoms with Crippen molar-refractivity contribution in [1.82, 2.24) is 45.0 Å². The summed E-state index contributed by atoms with van der Waals surface area (Å²) in [6.07, 6.45) is 3.61. The minimum Gasteiger partial charge on any atom is -0.267 e. The first kappa shape index (κ1) is 19.4. The van der Waals surface area contributed by atoms with Gasteiger partial charge in [-0.05, 0) is 32.9 Å². The summed E-state index contributed by atoms with van der Waals surface area (Å²) in [5.74, 6) is 5.74. The third-order valence-electron chi connectivity index (χ3n) is 4.79. The summed E-state index contributed by atoms with van der Waals surface area (Å²) >= 11 is 0. The first-order chi connectivity index (χ1) is 14.5. The number of hydrogen-bond donors (Lipinski definition) is 0. The molecule has 0 radical (unpaired) electrons. The van der Waals surface area contributed by atoms with Gasteiger partial charge in [-0.3, -0.25) is 9.59 Å². The van der Waals surface area contributed by atoms with Crippen LogP contribution in [0.4, 0.5) is 0 Å². The van der Waals surface area contributed by atoms with E-state index in [9.17, 15) is 9.59 Å². The number of fused-ring (bicyclic) bond motifs is 2. The van der Waals surface area contributed by atoms with Gasteiger partial charge in [0.2, 0.25) is 0 Å². The van der Waals surface area contributed by atoms with Crippen LogP contribution in [0.1, 0.15) is 39.3 Å². The third-order valence-corrected chi connectivity index (χ3v) is 4.79. The molecule has 0 bridgehead atoms. The first-order valence-corrected chi connectivity index (χ1v) is 9.41.